The summed E-state index contributed by atoms with van der Waals surface area (Å²) in [5, 5.41) is 0. The maximum absolute atomic E-state index is 2.52. The number of rotatable bonds is 6. The Bertz CT molecular complexity index is 1680. The molecule has 1 unspecified atom stereocenters. The molecule has 1 atom stereocenters. The van der Waals surface area contributed by atoms with Crippen molar-refractivity contribution in [1.29, 1.82) is 0 Å². The number of para-hydroxylation sites is 3. The van der Waals surface area contributed by atoms with Crippen LogP contribution in [0.15, 0.2) is 115 Å². The molecule has 5 aromatic carbocycles. The summed E-state index contributed by atoms with van der Waals surface area (Å²) in [6.45, 7) is 7.04. The van der Waals surface area contributed by atoms with E-state index in [1.165, 1.54) is 74.5 Å². The summed E-state index contributed by atoms with van der Waals surface area (Å²) in [5.41, 5.74) is 14.4. The van der Waals surface area contributed by atoms with Gasteiger partial charge in [-0.05, 0) is 102 Å². The minimum Gasteiger partial charge on any atom is -0.311 e. The van der Waals surface area contributed by atoms with E-state index in [9.17, 15) is 0 Å². The van der Waals surface area contributed by atoms with Crippen molar-refractivity contribution in [3.05, 3.63) is 126 Å². The maximum atomic E-state index is 2.52. The van der Waals surface area contributed by atoms with E-state index in [0.717, 1.165) is 6.42 Å². The van der Waals surface area contributed by atoms with Crippen LogP contribution in [0.25, 0.3) is 0 Å². The van der Waals surface area contributed by atoms with Crippen LogP contribution in [0.1, 0.15) is 50.2 Å². The Morgan fingerprint density at radius 2 is 1.18 bits per heavy atom. The van der Waals surface area contributed by atoms with Gasteiger partial charge in [-0.15, -0.1) is 0 Å². The summed E-state index contributed by atoms with van der Waals surface area (Å²) in [5.74, 6) is 0.578. The van der Waals surface area contributed by atoms with Crippen LogP contribution >= 0.6 is 0 Å². The fraction of sp³-hybridized carbons (Fsp3) is 0.189. The monoisotopic (exact) mass is 518 g/mol. The summed E-state index contributed by atoms with van der Waals surface area (Å²) in [4.78, 5) is 4.99. The van der Waals surface area contributed by atoms with Gasteiger partial charge in [0.05, 0.1) is 0 Å². The van der Waals surface area contributed by atoms with Crippen LogP contribution in [0.5, 0.6) is 0 Å². The number of hydrogen-bond donors (Lipinski definition) is 0. The number of hydrogen-bond acceptors (Lipinski definition) is 2. The fourth-order valence-corrected chi connectivity index (χ4v) is 7.02. The second-order valence-corrected chi connectivity index (χ2v) is 11.3. The maximum Gasteiger partial charge on any atom is 0.252 e. The Kier molecular flexibility index (Phi) is 6.23. The highest BCUT2D eigenvalue weighted by Gasteiger charge is 2.43. The molecule has 40 heavy (non-hydrogen) atoms. The molecule has 0 fully saturated rings. The second-order valence-electron chi connectivity index (χ2n) is 11.3. The predicted molar refractivity (Wildman–Crippen MR) is 173 cm³/mol. The van der Waals surface area contributed by atoms with Gasteiger partial charge in [-0.2, -0.15) is 0 Å². The molecule has 2 heterocycles. The molecule has 0 N–H and O–H groups in total. The van der Waals surface area contributed by atoms with Crippen LogP contribution in [0.4, 0.5) is 34.1 Å². The molecule has 0 saturated carbocycles. The minimum absolute atomic E-state index is 0.178. The summed E-state index contributed by atoms with van der Waals surface area (Å²) in [7, 11) is 0. The lowest BCUT2D eigenvalue weighted by molar-refractivity contribution is 0.596. The zero-order chi connectivity index (χ0) is 27.2. The van der Waals surface area contributed by atoms with Gasteiger partial charge in [-0.25, -0.2) is 0 Å². The quantitative estimate of drug-likeness (QED) is 0.204. The number of anilines is 6. The Hall–Kier alpha value is -4.24. The summed E-state index contributed by atoms with van der Waals surface area (Å²) in [6.07, 6.45) is 3.59. The van der Waals surface area contributed by atoms with Gasteiger partial charge < -0.3 is 9.80 Å². The van der Waals surface area contributed by atoms with Crippen molar-refractivity contribution in [1.82, 2.24) is 0 Å². The lowest BCUT2D eigenvalue weighted by Gasteiger charge is -2.44. The summed E-state index contributed by atoms with van der Waals surface area (Å²) in [6, 6.07) is 42.9. The molecular formula is C37H35BN2. The van der Waals surface area contributed by atoms with Gasteiger partial charge in [0.15, 0.2) is 0 Å². The van der Waals surface area contributed by atoms with Crippen molar-refractivity contribution in [2.45, 2.75) is 46.0 Å². The number of fused-ring (bicyclic) bond motifs is 4. The van der Waals surface area contributed by atoms with Crippen LogP contribution in [0.3, 0.4) is 0 Å². The molecule has 0 aliphatic carbocycles. The van der Waals surface area contributed by atoms with E-state index in [4.69, 9.17) is 0 Å². The van der Waals surface area contributed by atoms with Crippen molar-refractivity contribution in [2.75, 3.05) is 9.80 Å². The smallest absolute Gasteiger partial charge is 0.252 e. The van der Waals surface area contributed by atoms with E-state index < -0.39 is 0 Å². The molecule has 2 nitrogen and oxygen atoms in total. The van der Waals surface area contributed by atoms with E-state index in [1.807, 2.05) is 0 Å². The average Bonchev–Trinajstić information content (AvgIpc) is 3.00. The van der Waals surface area contributed by atoms with Gasteiger partial charge in [0.25, 0.3) is 6.71 Å². The Morgan fingerprint density at radius 3 is 1.80 bits per heavy atom. The Morgan fingerprint density at radius 1 is 0.600 bits per heavy atom. The van der Waals surface area contributed by atoms with Crippen LogP contribution in [-0.2, 0) is 0 Å². The van der Waals surface area contributed by atoms with Gasteiger partial charge in [0, 0.05) is 34.1 Å². The lowest BCUT2D eigenvalue weighted by Crippen LogP contribution is -2.61. The van der Waals surface area contributed by atoms with E-state index in [0.29, 0.717) is 5.92 Å². The number of nitrogens with zero attached hydrogens (tertiary/aromatic N) is 2. The van der Waals surface area contributed by atoms with Crippen LogP contribution in [-0.4, -0.2) is 6.71 Å². The van der Waals surface area contributed by atoms with Gasteiger partial charge in [-0.1, -0.05) is 87.0 Å². The fourth-order valence-electron chi connectivity index (χ4n) is 7.02. The molecule has 196 valence electrons. The van der Waals surface area contributed by atoms with E-state index >= 15 is 0 Å². The molecule has 3 heteroatoms. The highest BCUT2D eigenvalue weighted by Crippen LogP contribution is 2.44. The van der Waals surface area contributed by atoms with Gasteiger partial charge >= 0.3 is 0 Å². The van der Waals surface area contributed by atoms with Crippen LogP contribution < -0.4 is 26.2 Å². The predicted octanol–water partition coefficient (Wildman–Crippen LogP) is 8.37. The third kappa shape index (κ3) is 3.87. The molecule has 0 spiro atoms. The lowest BCUT2D eigenvalue weighted by atomic mass is 9.33. The SMILES string of the molecule is CCCC(CC)c1ccc2c(c1)N(c1ccccc1)c1cc(C)cc3c1B2c1ccccc1N3c1ccccc1. The molecule has 2 aliphatic heterocycles. The van der Waals surface area contributed by atoms with Crippen molar-refractivity contribution in [2.24, 2.45) is 0 Å². The first-order valence-corrected chi connectivity index (χ1v) is 14.8. The molecule has 0 bridgehead atoms. The zero-order valence-corrected chi connectivity index (χ0v) is 23.6. The van der Waals surface area contributed by atoms with E-state index in [-0.39, 0.29) is 6.71 Å². The third-order valence-corrected chi connectivity index (χ3v) is 8.78. The molecule has 0 aromatic heterocycles. The van der Waals surface area contributed by atoms with E-state index in [1.54, 1.807) is 0 Å². The van der Waals surface area contributed by atoms with Gasteiger partial charge in [-0.3, -0.25) is 0 Å². The topological polar surface area (TPSA) is 6.48 Å². The molecule has 7 rings (SSSR count). The molecule has 0 radical (unpaired) electrons. The first-order chi connectivity index (χ1) is 19.7. The van der Waals surface area contributed by atoms with Gasteiger partial charge in [0.1, 0.15) is 0 Å². The van der Waals surface area contributed by atoms with Crippen molar-refractivity contribution in [3.63, 3.8) is 0 Å². The normalized spacial score (nSPS) is 13.9. The number of aryl methyl sites for hydroxylation is 1. The van der Waals surface area contributed by atoms with Crippen LogP contribution in [0, 0.1) is 6.92 Å². The molecule has 0 amide bonds. The van der Waals surface area contributed by atoms with Crippen molar-refractivity contribution >= 4 is 57.2 Å². The summed E-state index contributed by atoms with van der Waals surface area (Å²) < 4.78 is 0. The Labute approximate surface area is 239 Å². The summed E-state index contributed by atoms with van der Waals surface area (Å²) >= 11 is 0. The van der Waals surface area contributed by atoms with Crippen LogP contribution in [0.2, 0.25) is 0 Å². The number of benzene rings is 5. The van der Waals surface area contributed by atoms with Gasteiger partial charge in [0.2, 0.25) is 0 Å². The Balaban J connectivity index is 1.55. The molecule has 5 aromatic rings. The first kappa shape index (κ1) is 24.8. The third-order valence-electron chi connectivity index (χ3n) is 8.78. The highest BCUT2D eigenvalue weighted by molar-refractivity contribution is 7.00. The second kappa shape index (κ2) is 10.1. The first-order valence-electron chi connectivity index (χ1n) is 14.8. The van der Waals surface area contributed by atoms with E-state index in [2.05, 4.69) is 146 Å². The largest absolute Gasteiger partial charge is 0.311 e. The molecule has 0 saturated heterocycles. The van der Waals surface area contributed by atoms with Crippen molar-refractivity contribution in [3.8, 4) is 0 Å². The minimum atomic E-state index is 0.178. The molecule has 2 aliphatic rings. The standard InChI is InChI=1S/C37H35BN2/c1-4-14-27(5-2)28-21-22-32-34(25-28)40(30-17-10-7-11-18-30)36-24-26(3)23-35-37(36)38(32)31-19-12-13-20-33(31)39(35)29-15-8-6-9-16-29/h6-13,15-25,27H,4-5,14H2,1-3H3. The molecular weight excluding hydrogens is 483 g/mol. The van der Waals surface area contributed by atoms with Crippen molar-refractivity contribution < 1.29 is 0 Å². The average molecular weight is 519 g/mol. The zero-order valence-electron chi connectivity index (χ0n) is 23.6. The highest BCUT2D eigenvalue weighted by atomic mass is 15.2.